The maximum atomic E-state index is 5.82. The van der Waals surface area contributed by atoms with Crippen LogP contribution in [0, 0.1) is 0 Å². The molecule has 3 rings (SSSR count). The molecule has 4 nitrogen and oxygen atoms in total. The van der Waals surface area contributed by atoms with E-state index in [0.717, 1.165) is 32.8 Å². The minimum absolute atomic E-state index is 0.233. The van der Waals surface area contributed by atoms with Crippen molar-refractivity contribution in [2.45, 2.75) is 19.2 Å². The first-order chi connectivity index (χ1) is 9.29. The number of ether oxygens (including phenoxy) is 1. The summed E-state index contributed by atoms with van der Waals surface area (Å²) < 4.78 is 8.95. The number of morpholine rings is 1. The first-order valence-electron chi connectivity index (χ1n) is 6.35. The number of thiophene rings is 1. The van der Waals surface area contributed by atoms with Gasteiger partial charge in [-0.25, -0.2) is 0 Å². The fourth-order valence-corrected chi connectivity index (χ4v) is 3.83. The van der Waals surface area contributed by atoms with Crippen LogP contribution in [0.2, 0.25) is 0 Å². The van der Waals surface area contributed by atoms with Crippen molar-refractivity contribution >= 4 is 27.3 Å². The van der Waals surface area contributed by atoms with Crippen LogP contribution in [-0.4, -0.2) is 40.5 Å². The van der Waals surface area contributed by atoms with Gasteiger partial charge in [0.1, 0.15) is 0 Å². The highest BCUT2D eigenvalue weighted by Crippen LogP contribution is 2.24. The van der Waals surface area contributed by atoms with Gasteiger partial charge in [0.05, 0.1) is 23.0 Å². The van der Waals surface area contributed by atoms with E-state index in [0.29, 0.717) is 0 Å². The van der Waals surface area contributed by atoms with Crippen molar-refractivity contribution in [1.29, 1.82) is 0 Å². The summed E-state index contributed by atoms with van der Waals surface area (Å²) in [4.78, 5) is 3.85. The Kier molecular flexibility index (Phi) is 4.32. The maximum absolute atomic E-state index is 5.82. The normalized spacial score (nSPS) is 20.8. The molecule has 1 saturated heterocycles. The Morgan fingerprint density at radius 3 is 3.16 bits per heavy atom. The maximum Gasteiger partial charge on any atom is 0.0898 e. The zero-order chi connectivity index (χ0) is 13.1. The highest BCUT2D eigenvalue weighted by Gasteiger charge is 2.21. The van der Waals surface area contributed by atoms with Crippen LogP contribution < -0.4 is 0 Å². The molecule has 0 bridgehead atoms. The van der Waals surface area contributed by atoms with Gasteiger partial charge in [-0.15, -0.1) is 11.3 Å². The van der Waals surface area contributed by atoms with Crippen molar-refractivity contribution in [3.05, 3.63) is 39.3 Å². The van der Waals surface area contributed by atoms with Crippen LogP contribution >= 0.6 is 27.3 Å². The molecule has 102 valence electrons. The van der Waals surface area contributed by atoms with Crippen LogP contribution in [0.5, 0.6) is 0 Å². The number of hydrogen-bond acceptors (Lipinski definition) is 4. The predicted octanol–water partition coefficient (Wildman–Crippen LogP) is 2.61. The van der Waals surface area contributed by atoms with Crippen LogP contribution in [0.15, 0.2) is 34.4 Å². The van der Waals surface area contributed by atoms with Gasteiger partial charge in [0, 0.05) is 36.9 Å². The highest BCUT2D eigenvalue weighted by atomic mass is 79.9. The van der Waals surface area contributed by atoms with E-state index >= 15 is 0 Å². The molecule has 0 radical (unpaired) electrons. The van der Waals surface area contributed by atoms with Crippen molar-refractivity contribution in [2.75, 3.05) is 19.7 Å². The molecule has 1 aliphatic heterocycles. The van der Waals surface area contributed by atoms with Gasteiger partial charge in [-0.3, -0.25) is 9.58 Å². The molecule has 3 heterocycles. The molecule has 0 spiro atoms. The molecule has 6 heteroatoms. The molecular formula is C13H16BrN3OS. The van der Waals surface area contributed by atoms with Crippen molar-refractivity contribution in [2.24, 2.45) is 0 Å². The quantitative estimate of drug-likeness (QED) is 0.856. The van der Waals surface area contributed by atoms with Crippen LogP contribution in [-0.2, 0) is 17.8 Å². The lowest BCUT2D eigenvalue weighted by molar-refractivity contribution is -0.0399. The van der Waals surface area contributed by atoms with E-state index < -0.39 is 0 Å². The molecule has 1 atom stereocenters. The smallest absolute Gasteiger partial charge is 0.0898 e. The zero-order valence-corrected chi connectivity index (χ0v) is 12.9. The average Bonchev–Trinajstić information content (AvgIpc) is 3.02. The first-order valence-corrected chi connectivity index (χ1v) is 7.96. The summed E-state index contributed by atoms with van der Waals surface area (Å²) in [6.45, 7) is 4.62. The van der Waals surface area contributed by atoms with Crippen LogP contribution in [0.25, 0.3) is 0 Å². The van der Waals surface area contributed by atoms with E-state index in [2.05, 4.69) is 38.1 Å². The first kappa shape index (κ1) is 13.3. The summed E-state index contributed by atoms with van der Waals surface area (Å²) in [5.74, 6) is 0. The Bertz CT molecular complexity index is 514. The van der Waals surface area contributed by atoms with Gasteiger partial charge in [-0.1, -0.05) is 0 Å². The minimum atomic E-state index is 0.233. The van der Waals surface area contributed by atoms with Gasteiger partial charge in [0.15, 0.2) is 0 Å². The molecule has 0 saturated carbocycles. The zero-order valence-electron chi connectivity index (χ0n) is 10.5. The van der Waals surface area contributed by atoms with Crippen molar-refractivity contribution in [1.82, 2.24) is 14.7 Å². The van der Waals surface area contributed by atoms with Crippen LogP contribution in [0.4, 0.5) is 0 Å². The lowest BCUT2D eigenvalue weighted by Crippen LogP contribution is -2.43. The summed E-state index contributed by atoms with van der Waals surface area (Å²) in [5, 5.41) is 4.24. The van der Waals surface area contributed by atoms with Crippen LogP contribution in [0.1, 0.15) is 4.88 Å². The minimum Gasteiger partial charge on any atom is -0.374 e. The molecule has 2 aromatic heterocycles. The second-order valence-electron chi connectivity index (χ2n) is 4.66. The number of rotatable bonds is 4. The van der Waals surface area contributed by atoms with E-state index in [1.807, 2.05) is 23.1 Å². The Labute approximate surface area is 125 Å². The molecule has 0 aromatic carbocycles. The fourth-order valence-electron chi connectivity index (χ4n) is 2.31. The van der Waals surface area contributed by atoms with Crippen molar-refractivity contribution in [3.63, 3.8) is 0 Å². The number of aromatic nitrogens is 2. The summed E-state index contributed by atoms with van der Waals surface area (Å²) in [6.07, 6.45) is 4.03. The Morgan fingerprint density at radius 2 is 2.42 bits per heavy atom. The third-order valence-electron chi connectivity index (χ3n) is 3.18. The Morgan fingerprint density at radius 1 is 1.47 bits per heavy atom. The third kappa shape index (κ3) is 3.66. The van der Waals surface area contributed by atoms with E-state index in [9.17, 15) is 0 Å². The second kappa shape index (κ2) is 6.17. The summed E-state index contributed by atoms with van der Waals surface area (Å²) in [6, 6.07) is 6.25. The fraction of sp³-hybridized carbons (Fsp3) is 0.462. The van der Waals surface area contributed by atoms with E-state index in [-0.39, 0.29) is 6.10 Å². The molecule has 19 heavy (non-hydrogen) atoms. The summed E-state index contributed by atoms with van der Waals surface area (Å²) in [7, 11) is 0. The van der Waals surface area contributed by atoms with Gasteiger partial charge in [0.2, 0.25) is 0 Å². The molecule has 0 N–H and O–H groups in total. The van der Waals surface area contributed by atoms with Gasteiger partial charge in [-0.2, -0.15) is 5.10 Å². The van der Waals surface area contributed by atoms with Crippen LogP contribution in [0.3, 0.4) is 0 Å². The van der Waals surface area contributed by atoms with E-state index in [1.165, 1.54) is 8.66 Å². The van der Waals surface area contributed by atoms with Gasteiger partial charge >= 0.3 is 0 Å². The monoisotopic (exact) mass is 341 g/mol. The molecule has 1 aliphatic rings. The van der Waals surface area contributed by atoms with E-state index in [4.69, 9.17) is 4.74 Å². The number of nitrogens with zero attached hydrogens (tertiary/aromatic N) is 3. The topological polar surface area (TPSA) is 30.3 Å². The largest absolute Gasteiger partial charge is 0.374 e. The summed E-state index contributed by atoms with van der Waals surface area (Å²) >= 11 is 5.32. The summed E-state index contributed by atoms with van der Waals surface area (Å²) in [5.41, 5.74) is 0. The average molecular weight is 342 g/mol. The lowest BCUT2D eigenvalue weighted by Gasteiger charge is -2.32. The third-order valence-corrected chi connectivity index (χ3v) is 4.79. The molecule has 0 amide bonds. The predicted molar refractivity (Wildman–Crippen MR) is 79.3 cm³/mol. The Hall–Kier alpha value is -0.690. The van der Waals surface area contributed by atoms with Crippen molar-refractivity contribution < 1.29 is 4.74 Å². The molecule has 0 unspecified atom stereocenters. The van der Waals surface area contributed by atoms with Gasteiger partial charge in [0.25, 0.3) is 0 Å². The van der Waals surface area contributed by atoms with Gasteiger partial charge in [-0.05, 0) is 34.1 Å². The van der Waals surface area contributed by atoms with Crippen molar-refractivity contribution in [3.8, 4) is 0 Å². The molecule has 2 aromatic rings. The highest BCUT2D eigenvalue weighted by molar-refractivity contribution is 9.11. The Balaban J connectivity index is 1.55. The number of halogens is 1. The second-order valence-corrected chi connectivity index (χ2v) is 7.21. The SMILES string of the molecule is Brc1ccc(CN2CCO[C@@H](Cn3cccn3)C2)s1. The standard InChI is InChI=1S/C13H16BrN3OS/c14-13-3-2-12(19-13)10-16-6-7-18-11(8-16)9-17-5-1-4-15-17/h1-5,11H,6-10H2/t11-/m1/s1. The number of hydrogen-bond donors (Lipinski definition) is 0. The van der Waals surface area contributed by atoms with Gasteiger partial charge < -0.3 is 4.74 Å². The van der Waals surface area contributed by atoms with E-state index in [1.54, 1.807) is 11.3 Å². The molecule has 1 fully saturated rings. The lowest BCUT2D eigenvalue weighted by atomic mass is 10.2. The molecule has 0 aliphatic carbocycles. The molecular weight excluding hydrogens is 326 g/mol.